The highest BCUT2D eigenvalue weighted by molar-refractivity contribution is 5.74. The molecule has 0 bridgehead atoms. The number of hydrogen-bond acceptors (Lipinski definition) is 3. The molecular formula is C16H24N4. The molecule has 2 aromatic rings. The van der Waals surface area contributed by atoms with E-state index in [0.29, 0.717) is 6.04 Å². The molecule has 108 valence electrons. The van der Waals surface area contributed by atoms with E-state index in [4.69, 9.17) is 0 Å². The van der Waals surface area contributed by atoms with Crippen molar-refractivity contribution in [3.05, 3.63) is 30.1 Å². The van der Waals surface area contributed by atoms with Crippen molar-refractivity contribution in [1.82, 2.24) is 20.2 Å². The minimum Gasteiger partial charge on any atom is -0.341 e. The third-order valence-electron chi connectivity index (χ3n) is 4.15. The molecule has 0 amide bonds. The Hall–Kier alpha value is -1.39. The lowest BCUT2D eigenvalue weighted by atomic mass is 10.0. The zero-order valence-corrected chi connectivity index (χ0v) is 12.2. The van der Waals surface area contributed by atoms with Gasteiger partial charge in [0.1, 0.15) is 5.82 Å². The summed E-state index contributed by atoms with van der Waals surface area (Å²) < 4.78 is 0. The van der Waals surface area contributed by atoms with Crippen LogP contribution in [0.2, 0.25) is 0 Å². The van der Waals surface area contributed by atoms with Crippen LogP contribution in [0.4, 0.5) is 0 Å². The van der Waals surface area contributed by atoms with Gasteiger partial charge >= 0.3 is 0 Å². The zero-order chi connectivity index (χ0) is 13.8. The highest BCUT2D eigenvalue weighted by atomic mass is 15.2. The van der Waals surface area contributed by atoms with Crippen molar-refractivity contribution >= 4 is 11.0 Å². The molecule has 0 aliphatic carbocycles. The molecule has 1 aromatic carbocycles. The minimum absolute atomic E-state index is 0.646. The van der Waals surface area contributed by atoms with Crippen molar-refractivity contribution in [3.63, 3.8) is 0 Å². The maximum absolute atomic E-state index is 4.68. The van der Waals surface area contributed by atoms with Crippen molar-refractivity contribution in [2.24, 2.45) is 0 Å². The molecule has 1 aliphatic heterocycles. The van der Waals surface area contributed by atoms with Crippen molar-refractivity contribution in [2.75, 3.05) is 19.6 Å². The normalized spacial score (nSPS) is 19.8. The fraction of sp³-hybridized carbons (Fsp3) is 0.562. The first-order chi connectivity index (χ1) is 9.85. The Labute approximate surface area is 120 Å². The monoisotopic (exact) mass is 272 g/mol. The average Bonchev–Trinajstić information content (AvgIpc) is 2.90. The summed E-state index contributed by atoms with van der Waals surface area (Å²) in [5.41, 5.74) is 2.20. The molecule has 0 saturated carbocycles. The van der Waals surface area contributed by atoms with Crippen molar-refractivity contribution in [3.8, 4) is 0 Å². The average molecular weight is 272 g/mol. The molecule has 20 heavy (non-hydrogen) atoms. The summed E-state index contributed by atoms with van der Waals surface area (Å²) in [6.07, 6.45) is 3.99. The molecule has 1 fully saturated rings. The molecule has 1 unspecified atom stereocenters. The van der Waals surface area contributed by atoms with Gasteiger partial charge in [0, 0.05) is 12.6 Å². The van der Waals surface area contributed by atoms with Gasteiger partial charge in [0.2, 0.25) is 0 Å². The number of nitrogens with zero attached hydrogens (tertiary/aromatic N) is 2. The second kappa shape index (κ2) is 6.37. The van der Waals surface area contributed by atoms with Crippen LogP contribution < -0.4 is 5.32 Å². The third-order valence-corrected chi connectivity index (χ3v) is 4.15. The number of para-hydroxylation sites is 2. The summed E-state index contributed by atoms with van der Waals surface area (Å²) in [6, 6.07) is 8.89. The highest BCUT2D eigenvalue weighted by Gasteiger charge is 2.16. The first kappa shape index (κ1) is 13.6. The van der Waals surface area contributed by atoms with Gasteiger partial charge in [-0.05, 0) is 38.1 Å². The largest absolute Gasteiger partial charge is 0.341 e. The smallest absolute Gasteiger partial charge is 0.121 e. The molecule has 1 saturated heterocycles. The number of benzene rings is 1. The van der Waals surface area contributed by atoms with Gasteiger partial charge in [-0.2, -0.15) is 0 Å². The van der Waals surface area contributed by atoms with Gasteiger partial charge in [-0.3, -0.25) is 4.90 Å². The maximum atomic E-state index is 4.68. The van der Waals surface area contributed by atoms with E-state index in [0.717, 1.165) is 36.5 Å². The van der Waals surface area contributed by atoms with Crippen LogP contribution in [0.15, 0.2) is 24.3 Å². The predicted octanol–water partition coefficient (Wildman–Crippen LogP) is 2.53. The molecule has 0 spiro atoms. The second-order valence-electron chi connectivity index (χ2n) is 5.68. The van der Waals surface area contributed by atoms with Crippen LogP contribution in [-0.4, -0.2) is 40.5 Å². The Bertz CT molecular complexity index is 509. The summed E-state index contributed by atoms with van der Waals surface area (Å²) in [6.45, 7) is 6.49. The standard InChI is InChI=1S/C16H24N4/c1-2-20(11-13-7-5-6-10-17-13)12-16-18-14-8-3-4-9-15(14)19-16/h3-4,8-9,13,17H,2,5-7,10-12H2,1H3,(H,18,19). The molecule has 2 heterocycles. The number of hydrogen-bond donors (Lipinski definition) is 2. The van der Waals surface area contributed by atoms with Crippen LogP contribution in [0.25, 0.3) is 11.0 Å². The SMILES string of the molecule is CCN(Cc1nc2ccccc2[nH]1)CC1CCCCN1. The first-order valence-electron chi connectivity index (χ1n) is 7.74. The fourth-order valence-corrected chi connectivity index (χ4v) is 2.99. The molecule has 1 aliphatic rings. The third kappa shape index (κ3) is 3.19. The van der Waals surface area contributed by atoms with Crippen LogP contribution >= 0.6 is 0 Å². The molecule has 1 aromatic heterocycles. The van der Waals surface area contributed by atoms with Crippen LogP contribution in [0.3, 0.4) is 0 Å². The van der Waals surface area contributed by atoms with Gasteiger partial charge in [-0.15, -0.1) is 0 Å². The van der Waals surface area contributed by atoms with Crippen LogP contribution in [-0.2, 0) is 6.54 Å². The quantitative estimate of drug-likeness (QED) is 0.879. The summed E-state index contributed by atoms with van der Waals surface area (Å²) >= 11 is 0. The summed E-state index contributed by atoms with van der Waals surface area (Å²) in [4.78, 5) is 10.6. The lowest BCUT2D eigenvalue weighted by molar-refractivity contribution is 0.222. The molecule has 2 N–H and O–H groups in total. The second-order valence-corrected chi connectivity index (χ2v) is 5.68. The Morgan fingerprint density at radius 1 is 1.30 bits per heavy atom. The van der Waals surface area contributed by atoms with Gasteiger partial charge in [0.25, 0.3) is 0 Å². The molecule has 4 nitrogen and oxygen atoms in total. The summed E-state index contributed by atoms with van der Waals surface area (Å²) in [7, 11) is 0. The lowest BCUT2D eigenvalue weighted by Gasteiger charge is -2.29. The van der Waals surface area contributed by atoms with Gasteiger partial charge in [-0.1, -0.05) is 25.5 Å². The fourth-order valence-electron chi connectivity index (χ4n) is 2.99. The number of nitrogens with one attached hydrogen (secondary N) is 2. The number of piperidine rings is 1. The van der Waals surface area contributed by atoms with Crippen LogP contribution in [0.5, 0.6) is 0 Å². The Kier molecular flexibility index (Phi) is 4.33. The number of aromatic amines is 1. The van der Waals surface area contributed by atoms with E-state index in [1.165, 1.54) is 25.8 Å². The Morgan fingerprint density at radius 3 is 2.95 bits per heavy atom. The van der Waals surface area contributed by atoms with Gasteiger partial charge < -0.3 is 10.3 Å². The van der Waals surface area contributed by atoms with E-state index in [1.807, 2.05) is 12.1 Å². The molecule has 0 radical (unpaired) electrons. The zero-order valence-electron chi connectivity index (χ0n) is 12.2. The van der Waals surface area contributed by atoms with Gasteiger partial charge in [0.05, 0.1) is 17.6 Å². The molecule has 3 rings (SSSR count). The van der Waals surface area contributed by atoms with E-state index in [-0.39, 0.29) is 0 Å². The molecular weight excluding hydrogens is 248 g/mol. The van der Waals surface area contributed by atoms with Gasteiger partial charge in [-0.25, -0.2) is 4.98 Å². The molecule has 4 heteroatoms. The number of imidazole rings is 1. The number of rotatable bonds is 5. The van der Waals surface area contributed by atoms with Crippen molar-refractivity contribution in [2.45, 2.75) is 38.8 Å². The maximum Gasteiger partial charge on any atom is 0.121 e. The van der Waals surface area contributed by atoms with E-state index < -0.39 is 0 Å². The highest BCUT2D eigenvalue weighted by Crippen LogP contribution is 2.13. The van der Waals surface area contributed by atoms with Crippen LogP contribution in [0.1, 0.15) is 32.0 Å². The summed E-state index contributed by atoms with van der Waals surface area (Å²) in [5, 5.41) is 3.62. The summed E-state index contributed by atoms with van der Waals surface area (Å²) in [5.74, 6) is 1.07. The topological polar surface area (TPSA) is 44.0 Å². The van der Waals surface area contributed by atoms with Crippen molar-refractivity contribution in [1.29, 1.82) is 0 Å². The molecule has 1 atom stereocenters. The van der Waals surface area contributed by atoms with E-state index in [1.54, 1.807) is 0 Å². The first-order valence-corrected chi connectivity index (χ1v) is 7.74. The lowest BCUT2D eigenvalue weighted by Crippen LogP contribution is -2.43. The van der Waals surface area contributed by atoms with E-state index >= 15 is 0 Å². The number of H-pyrrole nitrogens is 1. The minimum atomic E-state index is 0.646. The number of aromatic nitrogens is 2. The Balaban J connectivity index is 1.64. The Morgan fingerprint density at radius 2 is 2.20 bits per heavy atom. The van der Waals surface area contributed by atoms with Crippen LogP contribution in [0, 0.1) is 0 Å². The van der Waals surface area contributed by atoms with E-state index in [2.05, 4.69) is 39.2 Å². The predicted molar refractivity (Wildman–Crippen MR) is 82.7 cm³/mol. The van der Waals surface area contributed by atoms with E-state index in [9.17, 15) is 0 Å². The number of likely N-dealkylation sites (N-methyl/N-ethyl adjacent to an activating group) is 1. The van der Waals surface area contributed by atoms with Crippen molar-refractivity contribution < 1.29 is 0 Å². The van der Waals surface area contributed by atoms with Gasteiger partial charge in [0.15, 0.2) is 0 Å². The number of fused-ring (bicyclic) bond motifs is 1.